The summed E-state index contributed by atoms with van der Waals surface area (Å²) in [6.45, 7) is 3.36. The van der Waals surface area contributed by atoms with Gasteiger partial charge in [-0.15, -0.1) is 0 Å². The number of hydrogen-bond acceptors (Lipinski definition) is 4. The summed E-state index contributed by atoms with van der Waals surface area (Å²) < 4.78 is 18.0. The SMILES string of the molecule is C=CP(=O)(Nc1ccccc1)OCc1ccccc1[N+](=O)[O-]. The Morgan fingerprint density at radius 2 is 1.82 bits per heavy atom. The van der Waals surface area contributed by atoms with Crippen LogP contribution in [0.4, 0.5) is 11.4 Å². The molecule has 0 fully saturated rings. The lowest BCUT2D eigenvalue weighted by molar-refractivity contribution is -0.385. The maximum absolute atomic E-state index is 12.6. The third-order valence-corrected chi connectivity index (χ3v) is 4.46. The van der Waals surface area contributed by atoms with Gasteiger partial charge >= 0.3 is 7.52 Å². The second-order valence-electron chi connectivity index (χ2n) is 4.42. The standard InChI is InChI=1S/C15H15N2O4P/c1-2-22(20,16-14-9-4-3-5-10-14)21-12-13-8-6-7-11-15(13)17(18)19/h2-11H,1,12H2,(H,16,20). The zero-order chi connectivity index (χ0) is 16.0. The molecule has 1 atom stereocenters. The van der Waals surface area contributed by atoms with E-state index < -0.39 is 12.4 Å². The van der Waals surface area contributed by atoms with E-state index in [0.717, 1.165) is 0 Å². The molecule has 1 unspecified atom stereocenters. The Labute approximate surface area is 128 Å². The van der Waals surface area contributed by atoms with Gasteiger partial charge in [0.05, 0.1) is 17.1 Å². The van der Waals surface area contributed by atoms with Crippen molar-refractivity contribution in [3.05, 3.63) is 82.7 Å². The van der Waals surface area contributed by atoms with Gasteiger partial charge in [0, 0.05) is 17.6 Å². The van der Waals surface area contributed by atoms with Crippen molar-refractivity contribution in [3.63, 3.8) is 0 Å². The van der Waals surface area contributed by atoms with E-state index in [-0.39, 0.29) is 12.3 Å². The highest BCUT2D eigenvalue weighted by atomic mass is 31.2. The maximum atomic E-state index is 12.6. The number of nitrogens with one attached hydrogen (secondary N) is 1. The van der Waals surface area contributed by atoms with Gasteiger partial charge < -0.3 is 9.61 Å². The molecular weight excluding hydrogens is 303 g/mol. The fourth-order valence-corrected chi connectivity index (χ4v) is 2.90. The second-order valence-corrected chi connectivity index (χ2v) is 6.46. The van der Waals surface area contributed by atoms with Gasteiger partial charge in [-0.1, -0.05) is 36.9 Å². The average Bonchev–Trinajstić information content (AvgIpc) is 2.54. The van der Waals surface area contributed by atoms with E-state index in [4.69, 9.17) is 4.52 Å². The summed E-state index contributed by atoms with van der Waals surface area (Å²) in [6, 6.07) is 15.1. The van der Waals surface area contributed by atoms with Gasteiger partial charge in [0.2, 0.25) is 0 Å². The van der Waals surface area contributed by atoms with E-state index in [9.17, 15) is 14.7 Å². The molecule has 0 amide bonds. The van der Waals surface area contributed by atoms with Crippen LogP contribution in [-0.4, -0.2) is 4.92 Å². The minimum absolute atomic E-state index is 0.0715. The zero-order valence-corrected chi connectivity index (χ0v) is 12.6. The van der Waals surface area contributed by atoms with Crippen molar-refractivity contribution in [1.29, 1.82) is 0 Å². The Hall–Kier alpha value is -2.43. The normalized spacial score (nSPS) is 13.1. The topological polar surface area (TPSA) is 81.5 Å². The van der Waals surface area contributed by atoms with Gasteiger partial charge in [-0.05, 0) is 18.2 Å². The summed E-state index contributed by atoms with van der Waals surface area (Å²) >= 11 is 0. The molecule has 0 aromatic heterocycles. The number of nitro benzene ring substituents is 1. The average molecular weight is 318 g/mol. The highest BCUT2D eigenvalue weighted by Gasteiger charge is 2.21. The van der Waals surface area contributed by atoms with Crippen molar-refractivity contribution in [2.24, 2.45) is 0 Å². The van der Waals surface area contributed by atoms with Gasteiger partial charge in [0.15, 0.2) is 0 Å². The number of hydrogen-bond donors (Lipinski definition) is 1. The summed E-state index contributed by atoms with van der Waals surface area (Å²) in [4.78, 5) is 10.5. The summed E-state index contributed by atoms with van der Waals surface area (Å²) in [5.41, 5.74) is 0.899. The molecule has 2 aromatic carbocycles. The first-order valence-electron chi connectivity index (χ1n) is 6.47. The Morgan fingerprint density at radius 1 is 1.18 bits per heavy atom. The zero-order valence-electron chi connectivity index (χ0n) is 11.7. The van der Waals surface area contributed by atoms with Crippen LogP contribution in [0.5, 0.6) is 0 Å². The van der Waals surface area contributed by atoms with Crippen molar-refractivity contribution >= 4 is 18.9 Å². The van der Waals surface area contributed by atoms with Crippen molar-refractivity contribution in [1.82, 2.24) is 0 Å². The van der Waals surface area contributed by atoms with Crippen LogP contribution in [0.3, 0.4) is 0 Å². The quantitative estimate of drug-likeness (QED) is 0.460. The van der Waals surface area contributed by atoms with Gasteiger partial charge in [-0.25, -0.2) is 0 Å². The van der Waals surface area contributed by atoms with Crippen LogP contribution in [0.1, 0.15) is 5.56 Å². The Morgan fingerprint density at radius 3 is 2.45 bits per heavy atom. The fraction of sp³-hybridized carbons (Fsp3) is 0.0667. The van der Waals surface area contributed by atoms with Gasteiger partial charge in [-0.3, -0.25) is 14.7 Å². The first-order valence-corrected chi connectivity index (χ1v) is 8.17. The molecule has 0 saturated carbocycles. The first-order chi connectivity index (χ1) is 10.5. The highest BCUT2D eigenvalue weighted by Crippen LogP contribution is 2.48. The van der Waals surface area contributed by atoms with E-state index >= 15 is 0 Å². The van der Waals surface area contributed by atoms with Crippen LogP contribution >= 0.6 is 7.52 Å². The van der Waals surface area contributed by atoms with Gasteiger partial charge in [-0.2, -0.15) is 0 Å². The molecule has 0 aliphatic heterocycles. The number of para-hydroxylation sites is 2. The van der Waals surface area contributed by atoms with Crippen molar-refractivity contribution in [2.45, 2.75) is 6.61 Å². The van der Waals surface area contributed by atoms with Gasteiger partial charge in [0.1, 0.15) is 0 Å². The molecule has 1 N–H and O–H groups in total. The Kier molecular flexibility index (Phi) is 5.09. The van der Waals surface area contributed by atoms with E-state index in [1.807, 2.05) is 6.07 Å². The van der Waals surface area contributed by atoms with E-state index in [1.165, 1.54) is 11.9 Å². The Bertz CT molecular complexity index is 718. The van der Waals surface area contributed by atoms with Crippen molar-refractivity contribution < 1.29 is 14.0 Å². The molecule has 0 bridgehead atoms. The van der Waals surface area contributed by atoms with Crippen LogP contribution in [-0.2, 0) is 15.7 Å². The third kappa shape index (κ3) is 4.04. The van der Waals surface area contributed by atoms with E-state index in [0.29, 0.717) is 11.3 Å². The number of anilines is 1. The smallest absolute Gasteiger partial charge is 0.312 e. The van der Waals surface area contributed by atoms with E-state index in [2.05, 4.69) is 11.7 Å². The van der Waals surface area contributed by atoms with Crippen molar-refractivity contribution in [2.75, 3.05) is 5.09 Å². The second kappa shape index (κ2) is 7.02. The summed E-state index contributed by atoms with van der Waals surface area (Å²) in [5, 5.41) is 13.7. The molecule has 0 spiro atoms. The monoisotopic (exact) mass is 318 g/mol. The van der Waals surface area contributed by atoms with Gasteiger partial charge in [0.25, 0.3) is 5.69 Å². The van der Waals surface area contributed by atoms with Crippen LogP contribution in [0, 0.1) is 10.1 Å². The largest absolute Gasteiger partial charge is 0.316 e. The molecule has 7 heteroatoms. The number of nitrogens with zero attached hydrogens (tertiary/aromatic N) is 1. The van der Waals surface area contributed by atoms with Crippen LogP contribution < -0.4 is 5.09 Å². The predicted octanol–water partition coefficient (Wildman–Crippen LogP) is 4.56. The fourth-order valence-electron chi connectivity index (χ4n) is 1.80. The molecule has 0 radical (unpaired) electrons. The molecule has 0 saturated heterocycles. The molecule has 2 aromatic rings. The predicted molar refractivity (Wildman–Crippen MR) is 85.8 cm³/mol. The highest BCUT2D eigenvalue weighted by molar-refractivity contribution is 7.63. The lowest BCUT2D eigenvalue weighted by atomic mass is 10.2. The molecule has 0 aliphatic rings. The number of benzene rings is 2. The van der Waals surface area contributed by atoms with E-state index in [1.54, 1.807) is 42.5 Å². The van der Waals surface area contributed by atoms with Crippen LogP contribution in [0.2, 0.25) is 0 Å². The maximum Gasteiger partial charge on any atom is 0.316 e. The lowest BCUT2D eigenvalue weighted by Gasteiger charge is -2.17. The molecule has 2 rings (SSSR count). The summed E-state index contributed by atoms with van der Waals surface area (Å²) in [5.74, 6) is 1.19. The summed E-state index contributed by atoms with van der Waals surface area (Å²) in [7, 11) is -3.35. The minimum atomic E-state index is -3.35. The summed E-state index contributed by atoms with van der Waals surface area (Å²) in [6.07, 6.45) is 0. The molecule has 0 heterocycles. The molecule has 22 heavy (non-hydrogen) atoms. The lowest BCUT2D eigenvalue weighted by Crippen LogP contribution is -2.01. The molecule has 0 aliphatic carbocycles. The molecule has 114 valence electrons. The third-order valence-electron chi connectivity index (χ3n) is 2.90. The number of rotatable bonds is 7. The van der Waals surface area contributed by atoms with Crippen LogP contribution in [0.15, 0.2) is 67.0 Å². The molecule has 6 nitrogen and oxygen atoms in total. The minimum Gasteiger partial charge on any atom is -0.312 e. The first kappa shape index (κ1) is 15.9. The van der Waals surface area contributed by atoms with Crippen molar-refractivity contribution in [3.8, 4) is 0 Å². The Balaban J connectivity index is 2.13. The number of nitro groups is 1. The van der Waals surface area contributed by atoms with Crippen LogP contribution in [0.25, 0.3) is 0 Å². The molecular formula is C15H15N2O4P.